The zero-order valence-corrected chi connectivity index (χ0v) is 20.1. The van der Waals surface area contributed by atoms with Crippen LogP contribution in [-0.2, 0) is 38.7 Å². The van der Waals surface area contributed by atoms with Crippen LogP contribution in [0.2, 0.25) is 4.34 Å². The highest BCUT2D eigenvalue weighted by molar-refractivity contribution is 7.94. The van der Waals surface area contributed by atoms with Gasteiger partial charge < -0.3 is 5.32 Å². The van der Waals surface area contributed by atoms with E-state index in [1.165, 1.54) is 24.4 Å². The molecular formula is C23H18ClN3O5S2. The number of carbonyl (C=O) groups excluding carboxylic acids is 3. The van der Waals surface area contributed by atoms with Gasteiger partial charge in [-0.3, -0.25) is 14.4 Å². The molecule has 2 aliphatic heterocycles. The number of carbonyl (C=O) groups is 3. The number of pyridine rings is 1. The third kappa shape index (κ3) is 4.24. The Bertz CT molecular complexity index is 1450. The number of sulfone groups is 1. The van der Waals surface area contributed by atoms with Crippen LogP contribution in [0.4, 0.5) is 11.5 Å². The van der Waals surface area contributed by atoms with E-state index in [2.05, 4.69) is 10.3 Å². The van der Waals surface area contributed by atoms with Gasteiger partial charge in [0.15, 0.2) is 15.6 Å². The van der Waals surface area contributed by atoms with Crippen molar-refractivity contribution in [2.75, 3.05) is 22.5 Å². The molecule has 0 saturated carbocycles. The standard InChI is InChI=1S/C23H18ClN3O5S2/c24-19-2-4-22(33-19)34(31,32)12-16(28)7-13-1-3-20(26-11-13)27-21(29)10-15-9-18-14(5-6-25-18)8-17(15)23(27)30/h1-4,8-9,11,25H,5-7,10,12H2. The summed E-state index contributed by atoms with van der Waals surface area (Å²) in [5, 5.41) is 3.25. The lowest BCUT2D eigenvalue weighted by atomic mass is 9.95. The lowest BCUT2D eigenvalue weighted by Crippen LogP contribution is -2.43. The van der Waals surface area contributed by atoms with E-state index in [4.69, 9.17) is 11.6 Å². The first-order chi connectivity index (χ1) is 16.2. The highest BCUT2D eigenvalue weighted by Crippen LogP contribution is 2.31. The Morgan fingerprint density at radius 2 is 1.97 bits per heavy atom. The zero-order valence-electron chi connectivity index (χ0n) is 17.7. The smallest absolute Gasteiger partial charge is 0.266 e. The fourth-order valence-corrected chi connectivity index (χ4v) is 6.94. The van der Waals surface area contributed by atoms with Gasteiger partial charge in [-0.15, -0.1) is 11.3 Å². The summed E-state index contributed by atoms with van der Waals surface area (Å²) in [6.45, 7) is 0.800. The second kappa shape index (κ2) is 8.61. The van der Waals surface area contributed by atoms with Crippen molar-refractivity contribution in [1.29, 1.82) is 0 Å². The number of nitrogens with zero attached hydrogens (tertiary/aromatic N) is 2. The van der Waals surface area contributed by atoms with E-state index >= 15 is 0 Å². The van der Waals surface area contributed by atoms with Crippen molar-refractivity contribution in [2.24, 2.45) is 0 Å². The van der Waals surface area contributed by atoms with Crippen molar-refractivity contribution in [3.63, 3.8) is 0 Å². The van der Waals surface area contributed by atoms with Gasteiger partial charge in [0.2, 0.25) is 5.91 Å². The van der Waals surface area contributed by atoms with Crippen LogP contribution in [0.25, 0.3) is 0 Å². The SMILES string of the molecule is O=C(Cc1ccc(N2C(=O)Cc3cc4c(cc3C2=O)CCN4)nc1)CS(=O)(=O)c1ccc(Cl)s1. The highest BCUT2D eigenvalue weighted by atomic mass is 35.5. The van der Waals surface area contributed by atoms with Crippen molar-refractivity contribution >= 4 is 61.9 Å². The number of ketones is 1. The summed E-state index contributed by atoms with van der Waals surface area (Å²) in [5.41, 5.74) is 3.67. The zero-order chi connectivity index (χ0) is 24.0. The molecule has 5 rings (SSSR count). The number of amides is 2. The number of aromatic nitrogens is 1. The quantitative estimate of drug-likeness (QED) is 0.502. The molecule has 2 aliphatic rings. The molecule has 0 aliphatic carbocycles. The van der Waals surface area contributed by atoms with Gasteiger partial charge in [-0.05, 0) is 53.4 Å². The topological polar surface area (TPSA) is 114 Å². The predicted octanol–water partition coefficient (Wildman–Crippen LogP) is 3.08. The minimum atomic E-state index is -3.77. The summed E-state index contributed by atoms with van der Waals surface area (Å²) < 4.78 is 25.1. The number of Topliss-reactive ketones (excluding diaryl/α,β-unsaturated/α-hetero) is 1. The lowest BCUT2D eigenvalue weighted by Gasteiger charge is -2.26. The number of anilines is 2. The molecule has 4 heterocycles. The Labute approximate surface area is 204 Å². The molecule has 0 atom stereocenters. The van der Waals surface area contributed by atoms with Gasteiger partial charge in [-0.2, -0.15) is 0 Å². The maximum atomic E-state index is 13.1. The van der Waals surface area contributed by atoms with E-state index in [-0.39, 0.29) is 28.8 Å². The van der Waals surface area contributed by atoms with Gasteiger partial charge in [0.25, 0.3) is 5.91 Å². The van der Waals surface area contributed by atoms with Crippen LogP contribution in [0.3, 0.4) is 0 Å². The minimum absolute atomic E-state index is 0.0446. The molecule has 0 saturated heterocycles. The number of rotatable bonds is 6. The minimum Gasteiger partial charge on any atom is -0.384 e. The van der Waals surface area contributed by atoms with E-state index in [0.717, 1.165) is 40.5 Å². The number of nitrogens with one attached hydrogen (secondary N) is 1. The first-order valence-electron chi connectivity index (χ1n) is 10.4. The third-order valence-corrected chi connectivity index (χ3v) is 9.20. The second-order valence-electron chi connectivity index (χ2n) is 8.11. The van der Waals surface area contributed by atoms with Crippen molar-refractivity contribution in [2.45, 2.75) is 23.5 Å². The summed E-state index contributed by atoms with van der Waals surface area (Å²) in [4.78, 5) is 43.5. The Hall–Kier alpha value is -3.08. The molecule has 34 heavy (non-hydrogen) atoms. The van der Waals surface area contributed by atoms with E-state index in [1.54, 1.807) is 6.07 Å². The third-order valence-electron chi connectivity index (χ3n) is 5.71. The fraction of sp³-hybridized carbons (Fsp3) is 0.217. The van der Waals surface area contributed by atoms with Crippen LogP contribution < -0.4 is 10.2 Å². The van der Waals surface area contributed by atoms with Crippen LogP contribution in [0, 0.1) is 0 Å². The molecule has 0 radical (unpaired) electrons. The Morgan fingerprint density at radius 3 is 2.68 bits per heavy atom. The van der Waals surface area contributed by atoms with Crippen LogP contribution >= 0.6 is 22.9 Å². The van der Waals surface area contributed by atoms with Crippen LogP contribution in [-0.4, -0.2) is 43.3 Å². The van der Waals surface area contributed by atoms with Crippen LogP contribution in [0.5, 0.6) is 0 Å². The van der Waals surface area contributed by atoms with Crippen LogP contribution in [0.1, 0.15) is 27.0 Å². The van der Waals surface area contributed by atoms with Gasteiger partial charge >= 0.3 is 0 Å². The molecule has 174 valence electrons. The maximum Gasteiger partial charge on any atom is 0.266 e. The summed E-state index contributed by atoms with van der Waals surface area (Å²) in [6, 6.07) is 9.61. The molecule has 0 fully saturated rings. The number of hydrogen-bond donors (Lipinski definition) is 1. The molecule has 0 bridgehead atoms. The molecule has 3 aromatic rings. The van der Waals surface area contributed by atoms with E-state index in [9.17, 15) is 22.8 Å². The average molecular weight is 516 g/mol. The van der Waals surface area contributed by atoms with Gasteiger partial charge in [-0.25, -0.2) is 18.3 Å². The van der Waals surface area contributed by atoms with Crippen molar-refractivity contribution in [1.82, 2.24) is 4.98 Å². The number of thiophene rings is 1. The van der Waals surface area contributed by atoms with Gasteiger partial charge in [0, 0.05) is 30.4 Å². The highest BCUT2D eigenvalue weighted by Gasteiger charge is 2.34. The largest absolute Gasteiger partial charge is 0.384 e. The lowest BCUT2D eigenvalue weighted by molar-refractivity contribution is -0.118. The summed E-state index contributed by atoms with van der Waals surface area (Å²) >= 11 is 6.69. The Morgan fingerprint density at radius 1 is 1.15 bits per heavy atom. The first kappa shape index (κ1) is 22.7. The van der Waals surface area contributed by atoms with Gasteiger partial charge in [0.05, 0.1) is 10.8 Å². The van der Waals surface area contributed by atoms with Crippen LogP contribution in [0.15, 0.2) is 46.8 Å². The molecule has 2 aromatic heterocycles. The molecule has 1 aromatic carbocycles. The first-order valence-corrected chi connectivity index (χ1v) is 13.3. The van der Waals surface area contributed by atoms with Gasteiger partial charge in [-0.1, -0.05) is 17.7 Å². The Balaban J connectivity index is 1.31. The van der Waals surface area contributed by atoms with E-state index < -0.39 is 27.3 Å². The van der Waals surface area contributed by atoms with Crippen molar-refractivity contribution in [3.05, 3.63) is 69.2 Å². The van der Waals surface area contributed by atoms with Gasteiger partial charge in [0.1, 0.15) is 15.8 Å². The predicted molar refractivity (Wildman–Crippen MR) is 128 cm³/mol. The molecule has 11 heteroatoms. The normalized spacial score (nSPS) is 15.1. The molecule has 0 unspecified atom stereocenters. The molecule has 8 nitrogen and oxygen atoms in total. The maximum absolute atomic E-state index is 13.1. The molecule has 1 N–H and O–H groups in total. The average Bonchev–Trinajstić information content (AvgIpc) is 3.42. The summed E-state index contributed by atoms with van der Waals surface area (Å²) in [7, 11) is -3.77. The summed E-state index contributed by atoms with van der Waals surface area (Å²) in [5.74, 6) is -1.80. The van der Waals surface area contributed by atoms with E-state index in [1.807, 2.05) is 12.1 Å². The number of fused-ring (bicyclic) bond motifs is 2. The molecule has 2 amide bonds. The number of halogens is 1. The van der Waals surface area contributed by atoms with E-state index in [0.29, 0.717) is 21.0 Å². The molecular weight excluding hydrogens is 498 g/mol. The number of benzene rings is 1. The molecule has 0 spiro atoms. The van der Waals surface area contributed by atoms with Crippen molar-refractivity contribution < 1.29 is 22.8 Å². The number of hydrogen-bond acceptors (Lipinski definition) is 8. The summed E-state index contributed by atoms with van der Waals surface area (Å²) in [6.07, 6.45) is 2.14. The fourth-order valence-electron chi connectivity index (χ4n) is 4.13. The Kier molecular flexibility index (Phi) is 5.75. The number of imide groups is 1. The van der Waals surface area contributed by atoms with Crippen molar-refractivity contribution in [3.8, 4) is 0 Å². The second-order valence-corrected chi connectivity index (χ2v) is 12.0. The monoisotopic (exact) mass is 515 g/mol.